The van der Waals surface area contributed by atoms with Crippen molar-refractivity contribution in [2.45, 2.75) is 11.8 Å². The third-order valence-electron chi connectivity index (χ3n) is 2.61. The third-order valence-corrected chi connectivity index (χ3v) is 4.78. The lowest BCUT2D eigenvalue weighted by atomic mass is 10.2. The number of hydrogen-bond donors (Lipinski definition) is 2. The van der Waals surface area contributed by atoms with Crippen molar-refractivity contribution in [3.8, 4) is 0 Å². The number of benzene rings is 2. The first-order chi connectivity index (χ1) is 9.29. The Labute approximate surface area is 127 Å². The molecule has 0 saturated carbocycles. The molecule has 2 aromatic carbocycles. The molecule has 0 unspecified atom stereocenters. The first kappa shape index (κ1) is 15.0. The van der Waals surface area contributed by atoms with Gasteiger partial charge in [0.2, 0.25) is 0 Å². The Kier molecular flexibility index (Phi) is 4.13. The van der Waals surface area contributed by atoms with Crippen LogP contribution in [-0.2, 0) is 10.0 Å². The Hall–Kier alpha value is -1.43. The predicted octanol–water partition coefficient (Wildman–Crippen LogP) is 3.68. The van der Waals surface area contributed by atoms with E-state index in [9.17, 15) is 8.42 Å². The summed E-state index contributed by atoms with van der Waals surface area (Å²) in [5.74, 6) is 0. The molecule has 0 aliphatic heterocycles. The molecule has 0 fully saturated rings. The van der Waals surface area contributed by atoms with Gasteiger partial charge in [0.15, 0.2) is 0 Å². The highest BCUT2D eigenvalue weighted by atomic mass is 35.5. The minimum Gasteiger partial charge on any atom is -0.399 e. The number of nitrogens with one attached hydrogen (secondary N) is 1. The van der Waals surface area contributed by atoms with Crippen molar-refractivity contribution in [1.82, 2.24) is 0 Å². The minimum atomic E-state index is -3.82. The number of hydrogen-bond acceptors (Lipinski definition) is 3. The number of sulfonamides is 1. The van der Waals surface area contributed by atoms with Crippen molar-refractivity contribution in [2.75, 3.05) is 10.5 Å². The van der Waals surface area contributed by atoms with Gasteiger partial charge in [-0.05, 0) is 42.8 Å². The lowest BCUT2D eigenvalue weighted by Crippen LogP contribution is -2.14. The molecule has 0 atom stereocenters. The van der Waals surface area contributed by atoms with Crippen LogP contribution in [0.25, 0.3) is 0 Å². The number of anilines is 2. The van der Waals surface area contributed by atoms with Gasteiger partial charge in [-0.2, -0.15) is 0 Å². The van der Waals surface area contributed by atoms with Gasteiger partial charge in [-0.1, -0.05) is 29.3 Å². The molecule has 0 heterocycles. The molecule has 0 spiro atoms. The average molecular weight is 331 g/mol. The SMILES string of the molecule is Cc1ccc(NS(=O)(=O)c2ccc(N)cc2Cl)c(Cl)c1. The average Bonchev–Trinajstić information content (AvgIpc) is 2.32. The Balaban J connectivity index is 2.41. The smallest absolute Gasteiger partial charge is 0.263 e. The summed E-state index contributed by atoms with van der Waals surface area (Å²) in [5, 5.41) is 0.376. The summed E-state index contributed by atoms with van der Waals surface area (Å²) >= 11 is 11.9. The van der Waals surface area contributed by atoms with Gasteiger partial charge in [0.25, 0.3) is 10.0 Å². The molecule has 2 aromatic rings. The summed E-state index contributed by atoms with van der Waals surface area (Å²) in [6.45, 7) is 1.86. The second-order valence-corrected chi connectivity index (χ2v) is 6.74. The monoisotopic (exact) mass is 330 g/mol. The molecule has 0 saturated heterocycles. The van der Waals surface area contributed by atoms with Crippen molar-refractivity contribution >= 4 is 44.6 Å². The van der Waals surface area contributed by atoms with E-state index in [-0.39, 0.29) is 9.92 Å². The zero-order chi connectivity index (χ0) is 14.9. The van der Waals surface area contributed by atoms with Crippen LogP contribution in [0.5, 0.6) is 0 Å². The normalized spacial score (nSPS) is 11.3. The maximum Gasteiger partial charge on any atom is 0.263 e. The van der Waals surface area contributed by atoms with E-state index in [0.29, 0.717) is 16.4 Å². The van der Waals surface area contributed by atoms with E-state index in [0.717, 1.165) is 5.56 Å². The molecule has 0 aromatic heterocycles. The number of rotatable bonds is 3. The number of aryl methyl sites for hydroxylation is 1. The molecular weight excluding hydrogens is 319 g/mol. The Morgan fingerprint density at radius 1 is 1.05 bits per heavy atom. The summed E-state index contributed by atoms with van der Waals surface area (Å²) in [5.41, 5.74) is 7.16. The largest absolute Gasteiger partial charge is 0.399 e. The van der Waals surface area contributed by atoms with Crippen molar-refractivity contribution in [3.63, 3.8) is 0 Å². The van der Waals surface area contributed by atoms with Crippen LogP contribution in [0.2, 0.25) is 10.0 Å². The predicted molar refractivity (Wildman–Crippen MR) is 82.9 cm³/mol. The third kappa shape index (κ3) is 3.17. The van der Waals surface area contributed by atoms with Crippen LogP contribution in [0, 0.1) is 6.92 Å². The lowest BCUT2D eigenvalue weighted by molar-refractivity contribution is 0.601. The Morgan fingerprint density at radius 3 is 2.35 bits per heavy atom. The van der Waals surface area contributed by atoms with Crippen LogP contribution >= 0.6 is 23.2 Å². The molecule has 106 valence electrons. The van der Waals surface area contributed by atoms with E-state index in [1.54, 1.807) is 18.2 Å². The summed E-state index contributed by atoms with van der Waals surface area (Å²) in [4.78, 5) is -0.0509. The summed E-state index contributed by atoms with van der Waals surface area (Å²) in [6, 6.07) is 9.23. The molecule has 0 aliphatic rings. The number of nitrogens with two attached hydrogens (primary N) is 1. The molecule has 2 rings (SSSR count). The van der Waals surface area contributed by atoms with Crippen LogP contribution in [0.15, 0.2) is 41.3 Å². The maximum atomic E-state index is 12.3. The van der Waals surface area contributed by atoms with E-state index < -0.39 is 10.0 Å². The van der Waals surface area contributed by atoms with Crippen LogP contribution in [0.3, 0.4) is 0 Å². The molecule has 20 heavy (non-hydrogen) atoms. The van der Waals surface area contributed by atoms with E-state index >= 15 is 0 Å². The molecule has 3 N–H and O–H groups in total. The first-order valence-electron chi connectivity index (χ1n) is 5.63. The second kappa shape index (κ2) is 5.52. The van der Waals surface area contributed by atoms with E-state index in [1.807, 2.05) is 6.92 Å². The van der Waals surface area contributed by atoms with Crippen LogP contribution in [-0.4, -0.2) is 8.42 Å². The van der Waals surface area contributed by atoms with Gasteiger partial charge in [-0.15, -0.1) is 0 Å². The molecule has 0 aliphatic carbocycles. The van der Waals surface area contributed by atoms with Crippen molar-refractivity contribution < 1.29 is 8.42 Å². The Bertz CT molecular complexity index is 761. The fraction of sp³-hybridized carbons (Fsp3) is 0.0769. The summed E-state index contributed by atoms with van der Waals surface area (Å²) in [6.07, 6.45) is 0. The molecular formula is C13H12Cl2N2O2S. The van der Waals surface area contributed by atoms with Crippen LogP contribution < -0.4 is 10.5 Å². The number of halogens is 2. The topological polar surface area (TPSA) is 72.2 Å². The van der Waals surface area contributed by atoms with E-state index in [1.165, 1.54) is 18.2 Å². The van der Waals surface area contributed by atoms with Crippen molar-refractivity contribution in [3.05, 3.63) is 52.0 Å². The van der Waals surface area contributed by atoms with Gasteiger partial charge in [-0.25, -0.2) is 8.42 Å². The molecule has 4 nitrogen and oxygen atoms in total. The standard InChI is InChI=1S/C13H12Cl2N2O2S/c1-8-2-4-12(10(14)6-8)17-20(18,19)13-5-3-9(16)7-11(13)15/h2-7,17H,16H2,1H3. The maximum absolute atomic E-state index is 12.3. The van der Waals surface area contributed by atoms with E-state index in [4.69, 9.17) is 28.9 Å². The molecule has 0 radical (unpaired) electrons. The van der Waals surface area contributed by atoms with Crippen molar-refractivity contribution in [2.24, 2.45) is 0 Å². The van der Waals surface area contributed by atoms with Crippen molar-refractivity contribution in [1.29, 1.82) is 0 Å². The highest BCUT2D eigenvalue weighted by Crippen LogP contribution is 2.29. The van der Waals surface area contributed by atoms with Gasteiger partial charge in [0.05, 0.1) is 15.7 Å². The highest BCUT2D eigenvalue weighted by Gasteiger charge is 2.19. The van der Waals surface area contributed by atoms with Gasteiger partial charge in [0.1, 0.15) is 4.90 Å². The molecule has 0 amide bonds. The van der Waals surface area contributed by atoms with Gasteiger partial charge >= 0.3 is 0 Å². The zero-order valence-electron chi connectivity index (χ0n) is 10.5. The van der Waals surface area contributed by atoms with Crippen LogP contribution in [0.1, 0.15) is 5.56 Å². The molecule has 0 bridgehead atoms. The highest BCUT2D eigenvalue weighted by molar-refractivity contribution is 7.92. The first-order valence-corrected chi connectivity index (χ1v) is 7.87. The summed E-state index contributed by atoms with van der Waals surface area (Å²) < 4.78 is 27.0. The van der Waals surface area contributed by atoms with Gasteiger partial charge in [-0.3, -0.25) is 4.72 Å². The fourth-order valence-electron chi connectivity index (χ4n) is 1.64. The van der Waals surface area contributed by atoms with E-state index in [2.05, 4.69) is 4.72 Å². The second-order valence-electron chi connectivity index (χ2n) is 4.28. The fourth-order valence-corrected chi connectivity index (χ4v) is 3.61. The lowest BCUT2D eigenvalue weighted by Gasteiger charge is -2.11. The Morgan fingerprint density at radius 2 is 1.75 bits per heavy atom. The molecule has 7 heteroatoms. The van der Waals surface area contributed by atoms with Gasteiger partial charge in [0, 0.05) is 5.69 Å². The minimum absolute atomic E-state index is 0.0509. The van der Waals surface area contributed by atoms with Crippen LogP contribution in [0.4, 0.5) is 11.4 Å². The quantitative estimate of drug-likeness (QED) is 0.843. The zero-order valence-corrected chi connectivity index (χ0v) is 12.9. The number of nitrogen functional groups attached to an aromatic ring is 1. The summed E-state index contributed by atoms with van der Waals surface area (Å²) in [7, 11) is -3.82. The van der Waals surface area contributed by atoms with Gasteiger partial charge < -0.3 is 5.73 Å².